The summed E-state index contributed by atoms with van der Waals surface area (Å²) in [6.07, 6.45) is 4.86. The number of para-hydroxylation sites is 1. The van der Waals surface area contributed by atoms with Crippen LogP contribution in [0.25, 0.3) is 11.3 Å². The van der Waals surface area contributed by atoms with E-state index in [0.29, 0.717) is 44.0 Å². The second kappa shape index (κ2) is 12.7. The van der Waals surface area contributed by atoms with Crippen molar-refractivity contribution in [2.45, 2.75) is 51.0 Å². The molecule has 1 fully saturated rings. The minimum atomic E-state index is -1.12. The van der Waals surface area contributed by atoms with Crippen LogP contribution in [0.5, 0.6) is 5.75 Å². The van der Waals surface area contributed by atoms with Crippen molar-refractivity contribution in [3.63, 3.8) is 0 Å². The van der Waals surface area contributed by atoms with Gasteiger partial charge in [-0.3, -0.25) is 9.59 Å². The van der Waals surface area contributed by atoms with Gasteiger partial charge < -0.3 is 23.7 Å². The second-order valence-corrected chi connectivity index (χ2v) is 10.5. The van der Waals surface area contributed by atoms with Crippen LogP contribution in [-0.4, -0.2) is 66.6 Å². The van der Waals surface area contributed by atoms with Crippen LogP contribution in [0, 0.1) is 5.82 Å². The van der Waals surface area contributed by atoms with Crippen molar-refractivity contribution < 1.29 is 27.9 Å². The average molecular weight is 549 g/mol. The standard InChI is InChI=1S/C32H37FN2O5/c1-2-3-18-34-19-21-38-27-10-5-4-8-24(27)9-6-7-17-32(31(34)37)23-35(20-22-39-32)30(36)29-16-15-28(40-29)25-11-13-26(33)14-12-25/h4-5,8,10-16H,2-3,6-7,9,17-23H2,1H3. The third kappa shape index (κ3) is 6.22. The Hall–Kier alpha value is -3.65. The minimum Gasteiger partial charge on any atom is -0.491 e. The molecule has 40 heavy (non-hydrogen) atoms. The highest BCUT2D eigenvalue weighted by atomic mass is 19.1. The summed E-state index contributed by atoms with van der Waals surface area (Å²) in [5, 5.41) is 0. The van der Waals surface area contributed by atoms with Crippen LogP contribution in [0.2, 0.25) is 0 Å². The predicted molar refractivity (Wildman–Crippen MR) is 150 cm³/mol. The molecule has 7 nitrogen and oxygen atoms in total. The molecule has 2 aliphatic heterocycles. The third-order valence-corrected chi connectivity index (χ3v) is 7.75. The van der Waals surface area contributed by atoms with Crippen LogP contribution in [-0.2, 0) is 16.0 Å². The van der Waals surface area contributed by atoms with Gasteiger partial charge in [0.15, 0.2) is 11.4 Å². The maximum atomic E-state index is 14.2. The summed E-state index contributed by atoms with van der Waals surface area (Å²) in [5.74, 6) is 0.847. The highest BCUT2D eigenvalue weighted by Gasteiger charge is 2.47. The summed E-state index contributed by atoms with van der Waals surface area (Å²) in [7, 11) is 0. The number of unbranched alkanes of at least 4 members (excludes halogenated alkanes) is 1. The first kappa shape index (κ1) is 27.9. The maximum absolute atomic E-state index is 14.2. The number of rotatable bonds is 5. The zero-order valence-electron chi connectivity index (χ0n) is 23.1. The van der Waals surface area contributed by atoms with E-state index in [1.807, 2.05) is 23.1 Å². The van der Waals surface area contributed by atoms with Crippen molar-refractivity contribution in [1.29, 1.82) is 0 Å². The number of carbonyl (C=O) groups excluding carboxylic acids is 2. The maximum Gasteiger partial charge on any atom is 0.289 e. The fourth-order valence-corrected chi connectivity index (χ4v) is 5.52. The lowest BCUT2D eigenvalue weighted by Gasteiger charge is -2.44. The number of nitrogens with zero attached hydrogens (tertiary/aromatic N) is 2. The molecule has 1 saturated heterocycles. The molecule has 0 saturated carbocycles. The van der Waals surface area contributed by atoms with Gasteiger partial charge in [0, 0.05) is 18.7 Å². The van der Waals surface area contributed by atoms with Gasteiger partial charge >= 0.3 is 0 Å². The van der Waals surface area contributed by atoms with Crippen LogP contribution in [0.15, 0.2) is 65.1 Å². The predicted octanol–water partition coefficient (Wildman–Crippen LogP) is 5.73. The Morgan fingerprint density at radius 2 is 1.82 bits per heavy atom. The number of amides is 2. The van der Waals surface area contributed by atoms with Gasteiger partial charge in [0.2, 0.25) is 0 Å². The fraction of sp³-hybridized carbons (Fsp3) is 0.438. The molecule has 0 aliphatic carbocycles. The van der Waals surface area contributed by atoms with Crippen LogP contribution in [0.1, 0.15) is 55.1 Å². The molecule has 2 amide bonds. The molecular formula is C32H37FN2O5. The van der Waals surface area contributed by atoms with E-state index in [4.69, 9.17) is 13.9 Å². The lowest BCUT2D eigenvalue weighted by molar-refractivity contribution is -0.170. The van der Waals surface area contributed by atoms with Gasteiger partial charge in [-0.15, -0.1) is 0 Å². The fourth-order valence-electron chi connectivity index (χ4n) is 5.52. The summed E-state index contributed by atoms with van der Waals surface area (Å²) < 4.78 is 31.7. The number of carbonyl (C=O) groups is 2. The average Bonchev–Trinajstić information content (AvgIpc) is 3.47. The van der Waals surface area contributed by atoms with Crippen molar-refractivity contribution in [3.8, 4) is 17.1 Å². The molecule has 1 aromatic heterocycles. The SMILES string of the molecule is CCCCN1CCOc2ccccc2CCCCC2(CN(C(=O)c3ccc(-c4ccc(F)cc4)o3)CCO2)C1=O. The van der Waals surface area contributed by atoms with E-state index < -0.39 is 5.60 Å². The number of hydrogen-bond acceptors (Lipinski definition) is 5. The van der Waals surface area contributed by atoms with E-state index in [2.05, 4.69) is 13.0 Å². The Bertz CT molecular complexity index is 1310. The van der Waals surface area contributed by atoms with E-state index in [9.17, 15) is 14.0 Å². The number of aryl methyl sites for hydroxylation is 1. The van der Waals surface area contributed by atoms with Gasteiger partial charge in [-0.2, -0.15) is 0 Å². The topological polar surface area (TPSA) is 72.2 Å². The van der Waals surface area contributed by atoms with E-state index in [1.165, 1.54) is 17.7 Å². The van der Waals surface area contributed by atoms with Crippen molar-refractivity contribution in [3.05, 3.63) is 77.8 Å². The van der Waals surface area contributed by atoms with E-state index in [1.54, 1.807) is 29.2 Å². The van der Waals surface area contributed by atoms with Gasteiger partial charge in [0.05, 0.1) is 19.7 Å². The molecule has 1 spiro atoms. The summed E-state index contributed by atoms with van der Waals surface area (Å²) >= 11 is 0. The Kier molecular flexibility index (Phi) is 8.85. The van der Waals surface area contributed by atoms with Gasteiger partial charge in [0.1, 0.15) is 23.9 Å². The molecule has 212 valence electrons. The molecule has 1 unspecified atom stereocenters. The van der Waals surface area contributed by atoms with Gasteiger partial charge in [-0.05, 0) is 80.1 Å². The number of benzene rings is 2. The Balaban J connectivity index is 1.37. The highest BCUT2D eigenvalue weighted by Crippen LogP contribution is 2.31. The molecule has 3 heterocycles. The summed E-state index contributed by atoms with van der Waals surface area (Å²) in [4.78, 5) is 31.3. The van der Waals surface area contributed by atoms with E-state index >= 15 is 0 Å². The zero-order chi connectivity index (χ0) is 28.0. The molecule has 2 aliphatic rings. The Morgan fingerprint density at radius 3 is 2.65 bits per heavy atom. The van der Waals surface area contributed by atoms with Crippen LogP contribution < -0.4 is 4.74 Å². The molecule has 8 heteroatoms. The summed E-state index contributed by atoms with van der Waals surface area (Å²) in [6.45, 7) is 4.35. The summed E-state index contributed by atoms with van der Waals surface area (Å²) in [5.41, 5.74) is 0.732. The zero-order valence-corrected chi connectivity index (χ0v) is 23.1. The van der Waals surface area contributed by atoms with Crippen molar-refractivity contribution >= 4 is 11.8 Å². The molecular weight excluding hydrogens is 511 g/mol. The number of halogens is 1. The molecule has 0 radical (unpaired) electrons. The minimum absolute atomic E-state index is 0.0812. The van der Waals surface area contributed by atoms with Gasteiger partial charge in [-0.25, -0.2) is 4.39 Å². The molecule has 1 atom stereocenters. The lowest BCUT2D eigenvalue weighted by atomic mass is 9.90. The Labute approximate surface area is 234 Å². The largest absolute Gasteiger partial charge is 0.491 e. The first-order valence-corrected chi connectivity index (χ1v) is 14.3. The highest BCUT2D eigenvalue weighted by molar-refractivity contribution is 5.93. The normalized spacial score (nSPS) is 20.4. The van der Waals surface area contributed by atoms with Crippen LogP contribution >= 0.6 is 0 Å². The van der Waals surface area contributed by atoms with Gasteiger partial charge in [0.25, 0.3) is 11.8 Å². The van der Waals surface area contributed by atoms with E-state index in [0.717, 1.165) is 37.9 Å². The number of fused-ring (bicyclic) bond motifs is 1. The van der Waals surface area contributed by atoms with Crippen molar-refractivity contribution in [1.82, 2.24) is 9.80 Å². The molecule has 0 bridgehead atoms. The third-order valence-electron chi connectivity index (χ3n) is 7.75. The van der Waals surface area contributed by atoms with Crippen molar-refractivity contribution in [2.24, 2.45) is 0 Å². The summed E-state index contributed by atoms with van der Waals surface area (Å²) in [6, 6.07) is 17.4. The van der Waals surface area contributed by atoms with E-state index in [-0.39, 0.29) is 36.5 Å². The van der Waals surface area contributed by atoms with Crippen LogP contribution in [0.3, 0.4) is 0 Å². The number of furan rings is 1. The molecule has 3 aromatic rings. The quantitative estimate of drug-likeness (QED) is 0.407. The monoisotopic (exact) mass is 548 g/mol. The second-order valence-electron chi connectivity index (χ2n) is 10.5. The molecule has 5 rings (SSSR count). The Morgan fingerprint density at radius 1 is 1.00 bits per heavy atom. The molecule has 0 N–H and O–H groups in total. The smallest absolute Gasteiger partial charge is 0.289 e. The number of morpholine rings is 1. The first-order valence-electron chi connectivity index (χ1n) is 14.3. The van der Waals surface area contributed by atoms with Crippen LogP contribution in [0.4, 0.5) is 4.39 Å². The molecule has 2 aromatic carbocycles. The van der Waals surface area contributed by atoms with Gasteiger partial charge in [-0.1, -0.05) is 31.5 Å². The lowest BCUT2D eigenvalue weighted by Crippen LogP contribution is -2.62. The number of hydrogen-bond donors (Lipinski definition) is 0. The first-order chi connectivity index (χ1) is 19.5. The number of ether oxygens (including phenoxy) is 2. The van der Waals surface area contributed by atoms with Crippen molar-refractivity contribution in [2.75, 3.05) is 39.4 Å².